The van der Waals surface area contributed by atoms with Crippen LogP contribution >= 0.6 is 0 Å². The molecule has 2 aliphatic carbocycles. The molecule has 2 bridgehead atoms. The highest BCUT2D eigenvalue weighted by molar-refractivity contribution is 6.74. The lowest BCUT2D eigenvalue weighted by Gasteiger charge is -2.36. The van der Waals surface area contributed by atoms with Gasteiger partial charge < -0.3 is 14.4 Å². The van der Waals surface area contributed by atoms with Gasteiger partial charge in [-0.3, -0.25) is 0 Å². The van der Waals surface area contributed by atoms with E-state index in [1.54, 1.807) is 0 Å². The molecule has 2 rings (SSSR count). The van der Waals surface area contributed by atoms with Gasteiger partial charge >= 0.3 is 0 Å². The fraction of sp³-hybridized carbons (Fsp3) is 1.00. The lowest BCUT2D eigenvalue weighted by atomic mass is 9.98. The molecule has 0 aromatic heterocycles. The summed E-state index contributed by atoms with van der Waals surface area (Å²) in [5.74, 6) is 1.33. The summed E-state index contributed by atoms with van der Waals surface area (Å²) in [5, 5.41) is 10.4. The number of aliphatic hydroxyl groups is 1. The molecule has 2 saturated carbocycles. The van der Waals surface area contributed by atoms with Crippen LogP contribution in [0.2, 0.25) is 18.1 Å². The van der Waals surface area contributed by atoms with Crippen molar-refractivity contribution in [3.05, 3.63) is 0 Å². The van der Waals surface area contributed by atoms with Crippen molar-refractivity contribution in [1.82, 2.24) is 4.90 Å². The molecule has 3 nitrogen and oxygen atoms in total. The van der Waals surface area contributed by atoms with Crippen LogP contribution in [-0.4, -0.2) is 50.7 Å². The first-order valence-corrected chi connectivity index (χ1v) is 14.6. The van der Waals surface area contributed by atoms with E-state index in [0.29, 0.717) is 17.0 Å². The maximum atomic E-state index is 10.1. The second-order valence-electron chi connectivity index (χ2n) is 10.9. The molecule has 0 amide bonds. The number of nitrogens with zero attached hydrogens (tertiary/aromatic N) is 1. The Hall–Kier alpha value is 0.0969. The molecule has 1 N–H and O–H groups in total. The van der Waals surface area contributed by atoms with Gasteiger partial charge in [0, 0.05) is 18.6 Å². The number of rotatable bonds is 12. The normalized spacial score (nSPS) is 28.4. The number of aliphatic hydroxyl groups excluding tert-OH is 1. The molecule has 27 heavy (non-hydrogen) atoms. The first kappa shape index (κ1) is 23.4. The Balaban J connectivity index is 1.43. The van der Waals surface area contributed by atoms with Gasteiger partial charge in [-0.1, -0.05) is 52.9 Å². The van der Waals surface area contributed by atoms with Crippen molar-refractivity contribution in [3.63, 3.8) is 0 Å². The van der Waals surface area contributed by atoms with Crippen molar-refractivity contribution in [3.8, 4) is 0 Å². The van der Waals surface area contributed by atoms with Crippen molar-refractivity contribution in [1.29, 1.82) is 0 Å². The van der Waals surface area contributed by atoms with Crippen molar-refractivity contribution in [2.24, 2.45) is 11.8 Å². The minimum Gasteiger partial charge on any atom is -0.417 e. The Bertz CT molecular complexity index is 435. The maximum Gasteiger partial charge on any atom is 0.191 e. The second-order valence-corrected chi connectivity index (χ2v) is 15.7. The van der Waals surface area contributed by atoms with Crippen LogP contribution in [0.3, 0.4) is 0 Å². The molecular formula is C23H47NO2Si. The van der Waals surface area contributed by atoms with Crippen molar-refractivity contribution in [2.45, 2.75) is 115 Å². The zero-order chi connectivity index (χ0) is 20.1. The van der Waals surface area contributed by atoms with E-state index in [-0.39, 0.29) is 6.10 Å². The second kappa shape index (κ2) is 10.2. The third-order valence-corrected chi connectivity index (χ3v) is 12.3. The van der Waals surface area contributed by atoms with Crippen LogP contribution in [0, 0.1) is 11.8 Å². The molecule has 0 unspecified atom stereocenters. The summed E-state index contributed by atoms with van der Waals surface area (Å²) in [6.07, 6.45) is 12.9. The van der Waals surface area contributed by atoms with E-state index in [1.165, 1.54) is 64.3 Å². The highest BCUT2D eigenvalue weighted by atomic mass is 28.4. The molecule has 0 radical (unpaired) electrons. The van der Waals surface area contributed by atoms with E-state index in [0.717, 1.165) is 18.9 Å². The smallest absolute Gasteiger partial charge is 0.191 e. The zero-order valence-corrected chi connectivity index (χ0v) is 20.1. The van der Waals surface area contributed by atoms with E-state index in [9.17, 15) is 5.11 Å². The summed E-state index contributed by atoms with van der Waals surface area (Å²) in [6.45, 7) is 13.8. The molecular weight excluding hydrogens is 350 g/mol. The lowest BCUT2D eigenvalue weighted by molar-refractivity contribution is 0.0956. The maximum absolute atomic E-state index is 10.1. The molecule has 2 fully saturated rings. The molecule has 0 heterocycles. The van der Waals surface area contributed by atoms with Crippen LogP contribution in [0.1, 0.15) is 85.0 Å². The van der Waals surface area contributed by atoms with Crippen LogP contribution in [0.5, 0.6) is 0 Å². The molecule has 0 aromatic carbocycles. The van der Waals surface area contributed by atoms with Gasteiger partial charge in [-0.25, -0.2) is 0 Å². The summed E-state index contributed by atoms with van der Waals surface area (Å²) in [7, 11) is 0.745. The Morgan fingerprint density at radius 3 is 2.07 bits per heavy atom. The van der Waals surface area contributed by atoms with Crippen LogP contribution in [-0.2, 0) is 4.43 Å². The van der Waals surface area contributed by atoms with Crippen molar-refractivity contribution < 1.29 is 9.53 Å². The number of hydrogen-bond donors (Lipinski definition) is 1. The minimum absolute atomic E-state index is 0.0168. The first-order chi connectivity index (χ1) is 12.6. The Kier molecular flexibility index (Phi) is 8.85. The van der Waals surface area contributed by atoms with Crippen molar-refractivity contribution >= 4 is 8.32 Å². The molecule has 2 aliphatic rings. The topological polar surface area (TPSA) is 32.7 Å². The largest absolute Gasteiger partial charge is 0.417 e. The quantitative estimate of drug-likeness (QED) is 0.332. The zero-order valence-electron chi connectivity index (χ0n) is 19.1. The summed E-state index contributed by atoms with van der Waals surface area (Å²) in [4.78, 5) is 2.57. The standard InChI is InChI=1S/C23H47NO2Si/c1-23(2,3)27(5,6)26-17-13-11-9-7-8-10-12-16-24(4)22-19-14-15-20(22)21(25)18-19/h19-22,25H,7-18H2,1-6H3/t19-,20+,21+,22-/m0/s1. The van der Waals surface area contributed by atoms with E-state index in [1.807, 2.05) is 0 Å². The molecule has 160 valence electrons. The van der Waals surface area contributed by atoms with E-state index in [2.05, 4.69) is 45.8 Å². The monoisotopic (exact) mass is 397 g/mol. The first-order valence-electron chi connectivity index (χ1n) is 11.7. The lowest BCUT2D eigenvalue weighted by Crippen LogP contribution is -2.40. The van der Waals surface area contributed by atoms with E-state index in [4.69, 9.17) is 4.43 Å². The van der Waals surface area contributed by atoms with Gasteiger partial charge in [0.1, 0.15) is 0 Å². The summed E-state index contributed by atoms with van der Waals surface area (Å²) >= 11 is 0. The number of fused-ring (bicyclic) bond motifs is 2. The molecule has 4 atom stereocenters. The van der Waals surface area contributed by atoms with Gasteiger partial charge in [-0.15, -0.1) is 0 Å². The van der Waals surface area contributed by atoms with Gasteiger partial charge in [0.15, 0.2) is 8.32 Å². The van der Waals surface area contributed by atoms with Gasteiger partial charge in [0.05, 0.1) is 6.10 Å². The molecule has 0 saturated heterocycles. The summed E-state index contributed by atoms with van der Waals surface area (Å²) in [6, 6.07) is 0.667. The number of unbranched alkanes of at least 4 members (excludes halogenated alkanes) is 6. The third-order valence-electron chi connectivity index (χ3n) is 7.76. The minimum atomic E-state index is -1.54. The SMILES string of the molecule is CN(CCCCCCCCCO[Si](C)(C)C(C)(C)C)[C@H]1[C@H]2CC[C@@H]1[C@H](O)C2. The third kappa shape index (κ3) is 6.55. The van der Waals surface area contributed by atoms with Gasteiger partial charge in [-0.2, -0.15) is 0 Å². The summed E-state index contributed by atoms with van der Waals surface area (Å²) < 4.78 is 6.26. The Labute approximate surface area is 170 Å². The Morgan fingerprint density at radius 1 is 0.963 bits per heavy atom. The predicted octanol–water partition coefficient (Wildman–Crippen LogP) is 5.83. The average molecular weight is 398 g/mol. The van der Waals surface area contributed by atoms with E-state index < -0.39 is 8.32 Å². The van der Waals surface area contributed by atoms with Crippen LogP contribution in [0.4, 0.5) is 0 Å². The summed E-state index contributed by atoms with van der Waals surface area (Å²) in [5.41, 5.74) is 0. The van der Waals surface area contributed by atoms with Gasteiger partial charge in [0.25, 0.3) is 0 Å². The number of hydrogen-bond acceptors (Lipinski definition) is 3. The highest BCUT2D eigenvalue weighted by Gasteiger charge is 2.48. The van der Waals surface area contributed by atoms with Gasteiger partial charge in [0.2, 0.25) is 0 Å². The molecule has 0 aliphatic heterocycles. The highest BCUT2D eigenvalue weighted by Crippen LogP contribution is 2.47. The fourth-order valence-electron chi connectivity index (χ4n) is 4.99. The van der Waals surface area contributed by atoms with Crippen LogP contribution < -0.4 is 0 Å². The molecule has 4 heteroatoms. The fourth-order valence-corrected chi connectivity index (χ4v) is 6.07. The predicted molar refractivity (Wildman–Crippen MR) is 119 cm³/mol. The van der Waals surface area contributed by atoms with Gasteiger partial charge in [-0.05, 0) is 69.7 Å². The molecule has 0 aromatic rings. The van der Waals surface area contributed by atoms with Crippen LogP contribution in [0.25, 0.3) is 0 Å². The van der Waals surface area contributed by atoms with E-state index >= 15 is 0 Å². The van der Waals surface area contributed by atoms with Crippen molar-refractivity contribution in [2.75, 3.05) is 20.2 Å². The average Bonchev–Trinajstić information content (AvgIpc) is 3.12. The molecule has 0 spiro atoms. The van der Waals surface area contributed by atoms with Crippen LogP contribution in [0.15, 0.2) is 0 Å². The Morgan fingerprint density at radius 2 is 1.56 bits per heavy atom.